The minimum atomic E-state index is -1.04. The van der Waals surface area contributed by atoms with E-state index in [0.29, 0.717) is 34.7 Å². The van der Waals surface area contributed by atoms with Gasteiger partial charge in [-0.1, -0.05) is 24.3 Å². The first-order valence-electron chi connectivity index (χ1n) is 12.7. The summed E-state index contributed by atoms with van der Waals surface area (Å²) in [6, 6.07) is 15.2. The molecule has 2 aromatic rings. The highest BCUT2D eigenvalue weighted by molar-refractivity contribution is 7.98. The molecule has 2 aromatic carbocycles. The number of carbonyl (C=O) groups is 3. The molecule has 0 fully saturated rings. The van der Waals surface area contributed by atoms with Crippen LogP contribution in [0.3, 0.4) is 0 Å². The molecule has 38 heavy (non-hydrogen) atoms. The average Bonchev–Trinajstić information content (AvgIpc) is 2.92. The summed E-state index contributed by atoms with van der Waals surface area (Å²) in [5, 5.41) is 3.33. The maximum atomic E-state index is 14.3. The second-order valence-electron chi connectivity index (χ2n) is 9.16. The number of nitrogens with one attached hydrogen (secondary N) is 1. The van der Waals surface area contributed by atoms with E-state index in [1.807, 2.05) is 61.7 Å². The molecule has 4 rings (SSSR count). The Kier molecular flexibility index (Phi) is 8.62. The molecule has 1 aliphatic carbocycles. The molecule has 0 unspecified atom stereocenters. The highest BCUT2D eigenvalue weighted by Crippen LogP contribution is 2.48. The van der Waals surface area contributed by atoms with Crippen molar-refractivity contribution in [2.75, 3.05) is 26.6 Å². The summed E-state index contributed by atoms with van der Waals surface area (Å²) >= 11 is 1.61. The quantitative estimate of drug-likeness (QED) is 0.283. The summed E-state index contributed by atoms with van der Waals surface area (Å²) in [5.74, 6) is -2.85. The van der Waals surface area contributed by atoms with Crippen LogP contribution in [0.15, 0.2) is 76.0 Å². The molecular weight excluding hydrogens is 502 g/mol. The van der Waals surface area contributed by atoms with Crippen LogP contribution in [0.5, 0.6) is 5.75 Å². The summed E-state index contributed by atoms with van der Waals surface area (Å²) in [4.78, 5) is 41.9. The second kappa shape index (κ2) is 11.9. The largest absolute Gasteiger partial charge is 0.497 e. The Bertz CT molecular complexity index is 1280. The van der Waals surface area contributed by atoms with Crippen molar-refractivity contribution in [1.82, 2.24) is 5.32 Å². The first-order valence-corrected chi connectivity index (χ1v) is 13.9. The van der Waals surface area contributed by atoms with E-state index in [9.17, 15) is 14.4 Å². The molecule has 0 spiro atoms. The number of Topliss-reactive ketones (excluding diaryl/α,β-unsaturated/α-hetero) is 1. The second-order valence-corrected chi connectivity index (χ2v) is 10.0. The molecule has 2 aliphatic rings. The minimum Gasteiger partial charge on any atom is -0.497 e. The van der Waals surface area contributed by atoms with Gasteiger partial charge in [0, 0.05) is 33.7 Å². The Morgan fingerprint density at radius 3 is 2.18 bits per heavy atom. The van der Waals surface area contributed by atoms with Gasteiger partial charge in [-0.2, -0.15) is 0 Å². The molecule has 8 heteroatoms. The first-order chi connectivity index (χ1) is 18.3. The molecule has 1 N–H and O–H groups in total. The lowest BCUT2D eigenvalue weighted by atomic mass is 9.67. The standard InChI is InChI=1S/C30H33NO6S/c1-6-36-29(33)24-17(3)31-23-16-22(18-8-12-20(35-4)13-9-18)26(30(34)37-7-2)28(32)27(23)25(24)19-10-14-21(38-5)15-11-19/h8-15,22,25-26,31H,6-7,16H2,1-5H3/t22-,25-,26+/m1/s1. The number of rotatable bonds is 8. The summed E-state index contributed by atoms with van der Waals surface area (Å²) in [6.45, 7) is 5.66. The fraction of sp³-hybridized carbons (Fsp3) is 0.367. The van der Waals surface area contributed by atoms with Gasteiger partial charge in [0.1, 0.15) is 11.7 Å². The Hall–Kier alpha value is -3.52. The van der Waals surface area contributed by atoms with Crippen LogP contribution in [0.1, 0.15) is 50.2 Å². The van der Waals surface area contributed by atoms with Crippen molar-refractivity contribution in [2.24, 2.45) is 5.92 Å². The van der Waals surface area contributed by atoms with E-state index in [2.05, 4.69) is 5.32 Å². The number of dihydropyridines is 1. The molecule has 0 bridgehead atoms. The molecule has 0 saturated carbocycles. The van der Waals surface area contributed by atoms with Gasteiger partial charge in [-0.3, -0.25) is 9.59 Å². The third kappa shape index (κ3) is 5.23. The van der Waals surface area contributed by atoms with Gasteiger partial charge in [0.2, 0.25) is 0 Å². The van der Waals surface area contributed by atoms with Crippen LogP contribution in [-0.4, -0.2) is 44.3 Å². The van der Waals surface area contributed by atoms with Crippen LogP contribution in [0.2, 0.25) is 0 Å². The van der Waals surface area contributed by atoms with Crippen LogP contribution < -0.4 is 10.1 Å². The van der Waals surface area contributed by atoms with Gasteiger partial charge in [-0.05, 0) is 68.8 Å². The monoisotopic (exact) mass is 535 g/mol. The van der Waals surface area contributed by atoms with Gasteiger partial charge < -0.3 is 19.5 Å². The molecule has 1 aliphatic heterocycles. The van der Waals surface area contributed by atoms with Crippen molar-refractivity contribution in [2.45, 2.75) is 43.9 Å². The fourth-order valence-electron chi connectivity index (χ4n) is 5.31. The number of methoxy groups -OCH3 is 1. The van der Waals surface area contributed by atoms with Crippen molar-refractivity contribution >= 4 is 29.5 Å². The number of hydrogen-bond acceptors (Lipinski definition) is 8. The van der Waals surface area contributed by atoms with Crippen LogP contribution in [0.4, 0.5) is 0 Å². The average molecular weight is 536 g/mol. The highest BCUT2D eigenvalue weighted by Gasteiger charge is 2.49. The van der Waals surface area contributed by atoms with Crippen molar-refractivity contribution in [3.05, 3.63) is 82.2 Å². The van der Waals surface area contributed by atoms with E-state index in [1.54, 1.807) is 32.7 Å². The normalized spacial score (nSPS) is 21.0. The lowest BCUT2D eigenvalue weighted by Crippen LogP contribution is -2.43. The molecule has 1 heterocycles. The van der Waals surface area contributed by atoms with E-state index >= 15 is 0 Å². The zero-order chi connectivity index (χ0) is 27.4. The van der Waals surface area contributed by atoms with Gasteiger partial charge >= 0.3 is 11.9 Å². The summed E-state index contributed by atoms with van der Waals surface area (Å²) in [5.41, 5.74) is 3.76. The SMILES string of the molecule is CCOC(=O)C1=C(C)NC2=C(C(=O)[C@@H](C(=O)OCC)[C@@H](c3ccc(OC)cc3)C2)[C@@H]1c1ccc(SC)cc1. The molecule has 0 radical (unpaired) electrons. The fourth-order valence-corrected chi connectivity index (χ4v) is 5.72. The van der Waals surface area contributed by atoms with Gasteiger partial charge in [-0.25, -0.2) is 4.79 Å². The number of thioether (sulfide) groups is 1. The first kappa shape index (κ1) is 27.5. The Morgan fingerprint density at radius 2 is 1.61 bits per heavy atom. The Morgan fingerprint density at radius 1 is 0.974 bits per heavy atom. The number of esters is 2. The molecule has 0 amide bonds. The molecular formula is C30H33NO6S. The number of ether oxygens (including phenoxy) is 3. The van der Waals surface area contributed by atoms with Gasteiger partial charge in [0.05, 0.1) is 25.9 Å². The lowest BCUT2D eigenvalue weighted by Gasteiger charge is -2.39. The lowest BCUT2D eigenvalue weighted by molar-refractivity contribution is -0.152. The Labute approximate surface area is 227 Å². The van der Waals surface area contributed by atoms with Crippen LogP contribution in [-0.2, 0) is 23.9 Å². The zero-order valence-corrected chi connectivity index (χ0v) is 23.1. The van der Waals surface area contributed by atoms with E-state index in [4.69, 9.17) is 14.2 Å². The van der Waals surface area contributed by atoms with Crippen molar-refractivity contribution in [3.63, 3.8) is 0 Å². The van der Waals surface area contributed by atoms with Crippen LogP contribution in [0.25, 0.3) is 0 Å². The number of allylic oxidation sites excluding steroid dienone is 3. The van der Waals surface area contributed by atoms with Gasteiger partial charge in [0.25, 0.3) is 0 Å². The Balaban J connectivity index is 1.87. The highest BCUT2D eigenvalue weighted by atomic mass is 32.2. The number of carbonyl (C=O) groups excluding carboxylic acids is 3. The predicted octanol–water partition coefficient (Wildman–Crippen LogP) is 5.13. The topological polar surface area (TPSA) is 90.9 Å². The van der Waals surface area contributed by atoms with Crippen molar-refractivity contribution in [1.29, 1.82) is 0 Å². The molecule has 7 nitrogen and oxygen atoms in total. The van der Waals surface area contributed by atoms with E-state index in [-0.39, 0.29) is 19.0 Å². The third-order valence-corrected chi connectivity index (χ3v) is 7.79. The number of hydrogen-bond donors (Lipinski definition) is 1. The third-order valence-electron chi connectivity index (χ3n) is 7.05. The van der Waals surface area contributed by atoms with Crippen LogP contribution in [0, 0.1) is 5.92 Å². The van der Waals surface area contributed by atoms with Crippen molar-refractivity contribution < 1.29 is 28.6 Å². The summed E-state index contributed by atoms with van der Waals surface area (Å²) in [7, 11) is 1.59. The zero-order valence-electron chi connectivity index (χ0n) is 22.3. The maximum Gasteiger partial charge on any atom is 0.336 e. The molecule has 3 atom stereocenters. The molecule has 0 saturated heterocycles. The van der Waals surface area contributed by atoms with E-state index in [1.165, 1.54) is 0 Å². The predicted molar refractivity (Wildman–Crippen MR) is 146 cm³/mol. The van der Waals surface area contributed by atoms with E-state index in [0.717, 1.165) is 16.0 Å². The number of ketones is 1. The summed E-state index contributed by atoms with van der Waals surface area (Å²) in [6.07, 6.45) is 2.39. The van der Waals surface area contributed by atoms with Crippen LogP contribution >= 0.6 is 11.8 Å². The minimum absolute atomic E-state index is 0.161. The molecule has 200 valence electrons. The number of benzene rings is 2. The van der Waals surface area contributed by atoms with E-state index < -0.39 is 29.7 Å². The maximum absolute atomic E-state index is 14.3. The van der Waals surface area contributed by atoms with Crippen molar-refractivity contribution in [3.8, 4) is 5.75 Å². The summed E-state index contributed by atoms with van der Waals surface area (Å²) < 4.78 is 16.1. The van der Waals surface area contributed by atoms with Gasteiger partial charge in [-0.15, -0.1) is 11.8 Å². The smallest absolute Gasteiger partial charge is 0.336 e. The van der Waals surface area contributed by atoms with Gasteiger partial charge in [0.15, 0.2) is 5.78 Å². The molecule has 0 aromatic heterocycles.